The van der Waals surface area contributed by atoms with Crippen molar-refractivity contribution >= 4 is 27.0 Å². The lowest BCUT2D eigenvalue weighted by atomic mass is 10.1. The zero-order chi connectivity index (χ0) is 15.1. The predicted molar refractivity (Wildman–Crippen MR) is 80.9 cm³/mol. The summed E-state index contributed by atoms with van der Waals surface area (Å²) in [5.41, 5.74) is 8.12. The van der Waals surface area contributed by atoms with E-state index in [9.17, 15) is 8.42 Å². The number of fused-ring (bicyclic) bond motifs is 1. The largest absolute Gasteiger partial charge is 0.369 e. The minimum atomic E-state index is -3.28. The standard InChI is InChI=1S/C13H20N4O2S/c1-9-5-6-11-10(7-9)15-12(14)17(11)8-13(2,3)16-20(4,18)19/h5-7,16H,8H2,1-4H3,(H2,14,15). The minimum absolute atomic E-state index is 0.383. The number of hydrogen-bond donors (Lipinski definition) is 2. The Morgan fingerprint density at radius 3 is 2.65 bits per heavy atom. The topological polar surface area (TPSA) is 90.0 Å². The van der Waals surface area contributed by atoms with Gasteiger partial charge in [-0.2, -0.15) is 0 Å². The Kier molecular flexibility index (Phi) is 3.51. The van der Waals surface area contributed by atoms with Crippen molar-refractivity contribution in [2.75, 3.05) is 12.0 Å². The molecule has 0 spiro atoms. The molecule has 0 aliphatic rings. The van der Waals surface area contributed by atoms with E-state index in [1.165, 1.54) is 0 Å². The summed E-state index contributed by atoms with van der Waals surface area (Å²) in [5.74, 6) is 0.383. The van der Waals surface area contributed by atoms with Crippen LogP contribution < -0.4 is 10.5 Å². The monoisotopic (exact) mass is 296 g/mol. The van der Waals surface area contributed by atoms with E-state index >= 15 is 0 Å². The Morgan fingerprint density at radius 1 is 1.40 bits per heavy atom. The van der Waals surface area contributed by atoms with Crippen LogP contribution in [0, 0.1) is 6.92 Å². The maximum atomic E-state index is 11.4. The number of rotatable bonds is 4. The van der Waals surface area contributed by atoms with Crippen LogP contribution in [0.25, 0.3) is 11.0 Å². The van der Waals surface area contributed by atoms with Gasteiger partial charge in [0.1, 0.15) is 0 Å². The van der Waals surface area contributed by atoms with Gasteiger partial charge < -0.3 is 10.3 Å². The van der Waals surface area contributed by atoms with Gasteiger partial charge in [-0.1, -0.05) is 6.07 Å². The molecule has 0 saturated heterocycles. The average molecular weight is 296 g/mol. The molecule has 1 heterocycles. The molecule has 0 aliphatic heterocycles. The van der Waals surface area contributed by atoms with Gasteiger partial charge in [0.25, 0.3) is 0 Å². The van der Waals surface area contributed by atoms with Gasteiger partial charge in [-0.25, -0.2) is 18.1 Å². The molecule has 1 aromatic carbocycles. The number of benzene rings is 1. The van der Waals surface area contributed by atoms with Crippen molar-refractivity contribution in [1.29, 1.82) is 0 Å². The molecule has 0 bridgehead atoms. The van der Waals surface area contributed by atoms with Crippen LogP contribution in [0.5, 0.6) is 0 Å². The lowest BCUT2D eigenvalue weighted by Crippen LogP contribution is -2.46. The molecule has 20 heavy (non-hydrogen) atoms. The summed E-state index contributed by atoms with van der Waals surface area (Å²) >= 11 is 0. The molecule has 0 atom stereocenters. The molecule has 1 aromatic heterocycles. The molecule has 110 valence electrons. The van der Waals surface area contributed by atoms with Crippen molar-refractivity contribution in [3.05, 3.63) is 23.8 Å². The summed E-state index contributed by atoms with van der Waals surface area (Å²) in [7, 11) is -3.28. The third kappa shape index (κ3) is 3.29. The second kappa shape index (κ2) is 4.75. The van der Waals surface area contributed by atoms with Crippen molar-refractivity contribution in [3.8, 4) is 0 Å². The second-order valence-corrected chi connectivity index (χ2v) is 7.55. The Labute approximate surface area is 119 Å². The zero-order valence-corrected chi connectivity index (χ0v) is 13.0. The van der Waals surface area contributed by atoms with Gasteiger partial charge in [0, 0.05) is 12.1 Å². The first-order chi connectivity index (χ1) is 9.07. The molecule has 0 aliphatic carbocycles. The number of aryl methyl sites for hydroxylation is 1. The Balaban J connectivity index is 2.41. The summed E-state index contributed by atoms with van der Waals surface area (Å²) in [5, 5.41) is 0. The highest BCUT2D eigenvalue weighted by molar-refractivity contribution is 7.88. The zero-order valence-electron chi connectivity index (χ0n) is 12.1. The Bertz CT molecular complexity index is 747. The number of nitrogens with two attached hydrogens (primary N) is 1. The summed E-state index contributed by atoms with van der Waals surface area (Å²) in [6.45, 7) is 6.02. The average Bonchev–Trinajstić information content (AvgIpc) is 2.50. The lowest BCUT2D eigenvalue weighted by molar-refractivity contribution is 0.398. The van der Waals surface area contributed by atoms with Crippen LogP contribution in [-0.4, -0.2) is 29.8 Å². The Hall–Kier alpha value is -1.60. The highest BCUT2D eigenvalue weighted by atomic mass is 32.2. The van der Waals surface area contributed by atoms with E-state index in [0.29, 0.717) is 12.5 Å². The smallest absolute Gasteiger partial charge is 0.209 e. The first kappa shape index (κ1) is 14.8. The van der Waals surface area contributed by atoms with Gasteiger partial charge in [-0.3, -0.25) is 0 Å². The highest BCUT2D eigenvalue weighted by Crippen LogP contribution is 2.21. The molecule has 0 unspecified atom stereocenters. The number of nitrogen functional groups attached to an aromatic ring is 1. The van der Waals surface area contributed by atoms with Gasteiger partial charge in [0.2, 0.25) is 16.0 Å². The van der Waals surface area contributed by atoms with Gasteiger partial charge in [-0.15, -0.1) is 0 Å². The molecular formula is C13H20N4O2S. The first-order valence-electron chi connectivity index (χ1n) is 6.29. The number of hydrogen-bond acceptors (Lipinski definition) is 4. The summed E-state index contributed by atoms with van der Waals surface area (Å²) in [6, 6.07) is 5.89. The van der Waals surface area contributed by atoms with Crippen LogP contribution in [0.2, 0.25) is 0 Å². The highest BCUT2D eigenvalue weighted by Gasteiger charge is 2.24. The fraction of sp³-hybridized carbons (Fsp3) is 0.462. The van der Waals surface area contributed by atoms with Crippen LogP contribution in [0.15, 0.2) is 18.2 Å². The summed E-state index contributed by atoms with van der Waals surface area (Å²) < 4.78 is 27.2. The lowest BCUT2D eigenvalue weighted by Gasteiger charge is -2.26. The fourth-order valence-electron chi connectivity index (χ4n) is 2.35. The van der Waals surface area contributed by atoms with Crippen LogP contribution >= 0.6 is 0 Å². The minimum Gasteiger partial charge on any atom is -0.369 e. The molecule has 2 aromatic rings. The molecule has 0 saturated carbocycles. The van der Waals surface area contributed by atoms with E-state index in [0.717, 1.165) is 22.9 Å². The Morgan fingerprint density at radius 2 is 2.05 bits per heavy atom. The molecule has 0 radical (unpaired) electrons. The van der Waals surface area contributed by atoms with E-state index in [1.807, 2.05) is 43.5 Å². The van der Waals surface area contributed by atoms with Crippen molar-refractivity contribution in [1.82, 2.24) is 14.3 Å². The maximum absolute atomic E-state index is 11.4. The normalized spacial score (nSPS) is 13.0. The molecule has 3 N–H and O–H groups in total. The quantitative estimate of drug-likeness (QED) is 0.888. The molecule has 6 nitrogen and oxygen atoms in total. The molecule has 0 amide bonds. The van der Waals surface area contributed by atoms with Gasteiger partial charge in [0.05, 0.1) is 17.3 Å². The van der Waals surface area contributed by atoms with E-state index in [-0.39, 0.29) is 0 Å². The summed E-state index contributed by atoms with van der Waals surface area (Å²) in [4.78, 5) is 4.32. The number of aromatic nitrogens is 2. The van der Waals surface area contributed by atoms with Crippen molar-refractivity contribution < 1.29 is 8.42 Å². The fourth-order valence-corrected chi connectivity index (χ4v) is 3.42. The first-order valence-corrected chi connectivity index (χ1v) is 8.18. The van der Waals surface area contributed by atoms with Crippen molar-refractivity contribution in [2.24, 2.45) is 0 Å². The molecule has 2 rings (SSSR count). The SMILES string of the molecule is Cc1ccc2c(c1)nc(N)n2CC(C)(C)NS(C)(=O)=O. The number of nitrogens with zero attached hydrogens (tertiary/aromatic N) is 2. The van der Waals surface area contributed by atoms with Crippen LogP contribution in [-0.2, 0) is 16.6 Å². The van der Waals surface area contributed by atoms with E-state index in [1.54, 1.807) is 0 Å². The number of nitrogens with one attached hydrogen (secondary N) is 1. The third-order valence-corrected chi connectivity index (χ3v) is 3.87. The van der Waals surface area contributed by atoms with Crippen LogP contribution in [0.1, 0.15) is 19.4 Å². The van der Waals surface area contributed by atoms with Gasteiger partial charge in [0.15, 0.2) is 0 Å². The number of anilines is 1. The third-order valence-electron chi connectivity index (χ3n) is 2.95. The van der Waals surface area contributed by atoms with Crippen LogP contribution in [0.4, 0.5) is 5.95 Å². The number of imidazole rings is 1. The van der Waals surface area contributed by atoms with Crippen molar-refractivity contribution in [3.63, 3.8) is 0 Å². The van der Waals surface area contributed by atoms with Crippen LogP contribution in [0.3, 0.4) is 0 Å². The second-order valence-electron chi connectivity index (χ2n) is 5.81. The van der Waals surface area contributed by atoms with E-state index < -0.39 is 15.6 Å². The number of sulfonamides is 1. The van der Waals surface area contributed by atoms with Gasteiger partial charge in [-0.05, 0) is 38.5 Å². The molecule has 0 fully saturated rings. The molecule has 7 heteroatoms. The molecular weight excluding hydrogens is 276 g/mol. The van der Waals surface area contributed by atoms with Crippen molar-refractivity contribution in [2.45, 2.75) is 32.9 Å². The van der Waals surface area contributed by atoms with E-state index in [2.05, 4.69) is 9.71 Å². The van der Waals surface area contributed by atoms with Gasteiger partial charge >= 0.3 is 0 Å². The predicted octanol–water partition coefficient (Wildman–Crippen LogP) is 1.25. The maximum Gasteiger partial charge on any atom is 0.209 e. The summed E-state index contributed by atoms with van der Waals surface area (Å²) in [6.07, 6.45) is 1.15. The van der Waals surface area contributed by atoms with E-state index in [4.69, 9.17) is 5.73 Å².